The van der Waals surface area contributed by atoms with Gasteiger partial charge in [-0.05, 0) is 56.9 Å². The van der Waals surface area contributed by atoms with Gasteiger partial charge in [0.05, 0.1) is 5.41 Å². The Morgan fingerprint density at radius 3 is 2.11 bits per heavy atom. The molecule has 3 heterocycles. The lowest BCUT2D eigenvalue weighted by atomic mass is 9.81. The summed E-state index contributed by atoms with van der Waals surface area (Å²) in [6.07, 6.45) is 10.2. The van der Waals surface area contributed by atoms with Crippen LogP contribution in [0.3, 0.4) is 0 Å². The lowest BCUT2D eigenvalue weighted by Gasteiger charge is -2.27. The fraction of sp³-hybridized carbons (Fsp3) is 0.350. The third-order valence-electron chi connectivity index (χ3n) is 9.81. The summed E-state index contributed by atoms with van der Waals surface area (Å²) in [5.74, 6) is 1.10. The van der Waals surface area contributed by atoms with Crippen molar-refractivity contribution in [1.29, 1.82) is 0 Å². The number of anilines is 1. The molecule has 0 spiro atoms. The molecule has 1 N–H and O–H groups in total. The number of aryl methyl sites for hydroxylation is 1. The number of carbonyl (C=O) groups is 1. The number of aromatic nitrogens is 4. The van der Waals surface area contributed by atoms with Gasteiger partial charge < -0.3 is 27.5 Å². The Bertz CT molecular complexity index is 2000. The third-order valence-corrected chi connectivity index (χ3v) is 9.81. The number of carbonyl (C=O) groups excluding carboxylic acids is 1. The van der Waals surface area contributed by atoms with Crippen LogP contribution in [0, 0.1) is 6.92 Å². The molecule has 13 heteroatoms. The van der Waals surface area contributed by atoms with Crippen molar-refractivity contribution in [1.82, 2.24) is 25.7 Å². The number of nitrogens with zero attached hydrogens (tertiary/aromatic N) is 6. The fourth-order valence-corrected chi connectivity index (χ4v) is 7.10. The molecule has 6 rings (SSSR count). The van der Waals surface area contributed by atoms with Crippen LogP contribution in [0.25, 0.3) is 11.4 Å². The van der Waals surface area contributed by atoms with E-state index >= 15 is 0 Å². The van der Waals surface area contributed by atoms with E-state index in [0.717, 1.165) is 36.9 Å². The van der Waals surface area contributed by atoms with Gasteiger partial charge in [0.15, 0.2) is 11.5 Å². The van der Waals surface area contributed by atoms with E-state index in [0.29, 0.717) is 24.6 Å². The zero-order valence-electron chi connectivity index (χ0n) is 31.1. The average Bonchev–Trinajstić information content (AvgIpc) is 3.45. The van der Waals surface area contributed by atoms with Gasteiger partial charge in [-0.25, -0.2) is 0 Å². The highest BCUT2D eigenvalue weighted by molar-refractivity contribution is 6.50. The molecule has 53 heavy (non-hydrogen) atoms. The summed E-state index contributed by atoms with van der Waals surface area (Å²) >= 11 is 0. The van der Waals surface area contributed by atoms with E-state index in [4.69, 9.17) is 0 Å². The Balaban J connectivity index is 0.00000101. The highest BCUT2D eigenvalue weighted by atomic mass is 19.5. The van der Waals surface area contributed by atoms with E-state index in [1.165, 1.54) is 33.9 Å². The first-order chi connectivity index (χ1) is 25.1. The van der Waals surface area contributed by atoms with Crippen molar-refractivity contribution in [2.75, 3.05) is 18.5 Å². The highest BCUT2D eigenvalue weighted by Gasteiger charge is 2.43. The maximum absolute atomic E-state index is 12.6. The first-order valence-corrected chi connectivity index (χ1v) is 17.8. The van der Waals surface area contributed by atoms with E-state index < -0.39 is 7.25 Å². The first kappa shape index (κ1) is 39.0. The van der Waals surface area contributed by atoms with Gasteiger partial charge in [-0.15, -0.1) is 20.4 Å². The van der Waals surface area contributed by atoms with Gasteiger partial charge in [-0.1, -0.05) is 87.0 Å². The summed E-state index contributed by atoms with van der Waals surface area (Å²) in [4.78, 5) is 15.1. The normalized spacial score (nSPS) is 16.4. The van der Waals surface area contributed by atoms with Gasteiger partial charge in [0, 0.05) is 59.6 Å². The Morgan fingerprint density at radius 1 is 0.830 bits per heavy atom. The lowest BCUT2D eigenvalue weighted by molar-refractivity contribution is -0.401. The molecule has 0 radical (unpaired) electrons. The molecule has 278 valence electrons. The summed E-state index contributed by atoms with van der Waals surface area (Å²) < 4.78 is 41.3. The molecule has 8 nitrogen and oxygen atoms in total. The zero-order valence-corrected chi connectivity index (χ0v) is 31.1. The number of nitrogens with one attached hydrogen (secondary N) is 1. The van der Waals surface area contributed by atoms with E-state index in [1.54, 1.807) is 6.92 Å². The molecule has 4 aromatic rings. The SMILES string of the molecule is Cc1nnc(-c2ccc(CNC(=O)CCCCCN3/C(=C\C=C\C4=[N+](C)c5ccccc5C4(C)C)C(C)(C)c4ccccc43)cc2)nn1.F[B-](F)(F)F. The number of hydrogen-bond donors (Lipinski definition) is 1. The summed E-state index contributed by atoms with van der Waals surface area (Å²) in [5.41, 5.74) is 9.59. The number of halogens is 4. The second-order valence-electron chi connectivity index (χ2n) is 14.3. The van der Waals surface area contributed by atoms with Crippen LogP contribution in [0.2, 0.25) is 0 Å². The van der Waals surface area contributed by atoms with Crippen LogP contribution in [-0.4, -0.2) is 57.4 Å². The van der Waals surface area contributed by atoms with Crippen molar-refractivity contribution in [2.24, 2.45) is 0 Å². The molecule has 3 aromatic carbocycles. The largest absolute Gasteiger partial charge is 0.673 e. The number of rotatable bonds is 11. The molecule has 2 aliphatic rings. The first-order valence-electron chi connectivity index (χ1n) is 17.8. The molecule has 1 aromatic heterocycles. The van der Waals surface area contributed by atoms with Gasteiger partial charge in [-0.3, -0.25) is 4.79 Å². The van der Waals surface area contributed by atoms with Crippen LogP contribution in [-0.2, 0) is 22.2 Å². The fourth-order valence-electron chi connectivity index (χ4n) is 7.10. The molecular formula is C40H46BF4N7O. The zero-order chi connectivity index (χ0) is 38.4. The maximum Gasteiger partial charge on any atom is 0.673 e. The summed E-state index contributed by atoms with van der Waals surface area (Å²) in [6.45, 7) is 12.4. The number of para-hydroxylation sites is 2. The summed E-state index contributed by atoms with van der Waals surface area (Å²) in [6, 6.07) is 25.3. The van der Waals surface area contributed by atoms with Crippen molar-refractivity contribution >= 4 is 30.2 Å². The maximum atomic E-state index is 12.6. The third kappa shape index (κ3) is 9.43. The topological polar surface area (TPSA) is 86.9 Å². The van der Waals surface area contributed by atoms with Crippen molar-refractivity contribution in [3.05, 3.63) is 119 Å². The molecule has 0 fully saturated rings. The van der Waals surface area contributed by atoms with Crippen LogP contribution in [0.4, 0.5) is 28.6 Å². The van der Waals surface area contributed by atoms with E-state index in [-0.39, 0.29) is 16.7 Å². The quantitative estimate of drug-likeness (QED) is 0.0721. The Labute approximate surface area is 308 Å². The Kier molecular flexibility index (Phi) is 11.9. The molecular weight excluding hydrogens is 681 g/mol. The van der Waals surface area contributed by atoms with Gasteiger partial charge in [0.25, 0.3) is 0 Å². The number of fused-ring (bicyclic) bond motifs is 2. The molecule has 0 saturated carbocycles. The van der Waals surface area contributed by atoms with Gasteiger partial charge in [0.1, 0.15) is 7.05 Å². The Hall–Kier alpha value is -5.20. The van der Waals surface area contributed by atoms with E-state index in [2.05, 4.69) is 137 Å². The number of allylic oxidation sites excluding steroid dienone is 4. The summed E-state index contributed by atoms with van der Waals surface area (Å²) in [5, 5.41) is 19.2. The number of hydrogen-bond acceptors (Lipinski definition) is 6. The molecule has 1 amide bonds. The number of benzene rings is 3. The van der Waals surface area contributed by atoms with Crippen molar-refractivity contribution in [2.45, 2.75) is 77.7 Å². The smallest absolute Gasteiger partial charge is 0.418 e. The van der Waals surface area contributed by atoms with Crippen LogP contribution in [0.5, 0.6) is 0 Å². The second kappa shape index (κ2) is 16.2. The summed E-state index contributed by atoms with van der Waals surface area (Å²) in [7, 11) is -3.84. The molecule has 0 bridgehead atoms. The number of unbranched alkanes of at least 4 members (excludes halogenated alkanes) is 2. The predicted octanol–water partition coefficient (Wildman–Crippen LogP) is 8.66. The van der Waals surface area contributed by atoms with E-state index in [1.807, 2.05) is 24.3 Å². The van der Waals surface area contributed by atoms with Gasteiger partial charge in [0.2, 0.25) is 17.4 Å². The number of amides is 1. The minimum atomic E-state index is -6.00. The molecule has 0 atom stereocenters. The van der Waals surface area contributed by atoms with Gasteiger partial charge in [-0.2, -0.15) is 4.58 Å². The molecule has 0 unspecified atom stereocenters. The van der Waals surface area contributed by atoms with Crippen LogP contribution < -0.4 is 10.2 Å². The lowest BCUT2D eigenvalue weighted by Crippen LogP contribution is -2.27. The van der Waals surface area contributed by atoms with Crippen molar-refractivity contribution < 1.29 is 26.6 Å². The Morgan fingerprint density at radius 2 is 1.45 bits per heavy atom. The highest BCUT2D eigenvalue weighted by Crippen LogP contribution is 2.48. The average molecular weight is 728 g/mol. The van der Waals surface area contributed by atoms with Crippen LogP contribution in [0.1, 0.15) is 75.9 Å². The van der Waals surface area contributed by atoms with E-state index in [9.17, 15) is 22.1 Å². The standard InChI is InChI=1S/C40H45N7O.BF4/c1-28-42-44-38(45-43-28)30-24-22-29(23-25-30)27-41-37(48)21-8-7-13-26-47-34-18-12-10-16-32(34)40(4,5)36(47)20-14-19-35-39(2,3)31-15-9-11-17-33(31)46(35)6;2-1(3,4)5/h9-12,14-20,22-25H,7-8,13,21,26-27H2,1-6H3;/q;-1/p+1. The minimum absolute atomic E-state index is 0.0575. The molecule has 0 saturated heterocycles. The molecule has 0 aliphatic carbocycles. The van der Waals surface area contributed by atoms with Crippen LogP contribution in [0.15, 0.2) is 96.7 Å². The predicted molar refractivity (Wildman–Crippen MR) is 203 cm³/mol. The molecule has 2 aliphatic heterocycles. The minimum Gasteiger partial charge on any atom is -0.418 e. The monoisotopic (exact) mass is 727 g/mol. The van der Waals surface area contributed by atoms with Crippen molar-refractivity contribution in [3.63, 3.8) is 0 Å². The second-order valence-corrected chi connectivity index (χ2v) is 14.3. The van der Waals surface area contributed by atoms with Crippen LogP contribution >= 0.6 is 0 Å². The van der Waals surface area contributed by atoms with Gasteiger partial charge >= 0.3 is 7.25 Å². The van der Waals surface area contributed by atoms with Crippen molar-refractivity contribution in [3.8, 4) is 11.4 Å².